The third-order valence-corrected chi connectivity index (χ3v) is 0. The van der Waals surface area contributed by atoms with Crippen molar-refractivity contribution in [1.82, 2.24) is 0 Å². The molecule has 0 aromatic heterocycles. The maximum Gasteiger partial charge on any atom is 0.300 e. The first-order valence-electron chi connectivity index (χ1n) is 1.07. The van der Waals surface area contributed by atoms with E-state index in [2.05, 4.69) is 37.2 Å². The zero-order chi connectivity index (χ0) is 5.58. The van der Waals surface area contributed by atoms with E-state index in [0.717, 1.165) is 6.92 Å². The normalized spacial score (nSPS) is 4.43. The summed E-state index contributed by atoms with van der Waals surface area (Å²) in [6, 6.07) is 0. The van der Waals surface area contributed by atoms with E-state index in [1.807, 2.05) is 0 Å². The summed E-state index contributed by atoms with van der Waals surface area (Å²) in [5.74, 6) is -0.833. The Kier molecular flexibility index (Phi) is 35.9. The van der Waals surface area contributed by atoms with Crippen LogP contribution in [0.1, 0.15) is 6.92 Å². The summed E-state index contributed by atoms with van der Waals surface area (Å²) < 4.78 is 0. The molecule has 0 saturated heterocycles. The summed E-state index contributed by atoms with van der Waals surface area (Å²) in [6.07, 6.45) is 0. The molecule has 2 nitrogen and oxygen atoms in total. The standard InChI is InChI=1S/C2H4O2.I2.Y/c1-2(3)4;1-2;/h1H3,(H,3,4);;. The van der Waals surface area contributed by atoms with Gasteiger partial charge in [-0.1, -0.05) is 0 Å². The molecule has 0 bridgehead atoms. The smallest absolute Gasteiger partial charge is 0.300 e. The molecule has 7 heavy (non-hydrogen) atoms. The van der Waals surface area contributed by atoms with E-state index < -0.39 is 5.97 Å². The third kappa shape index (κ3) is 70.7. The maximum atomic E-state index is 9.00. The van der Waals surface area contributed by atoms with Gasteiger partial charge in [0.25, 0.3) is 5.97 Å². The van der Waals surface area contributed by atoms with Crippen LogP contribution in [-0.4, -0.2) is 11.1 Å². The van der Waals surface area contributed by atoms with Crippen LogP contribution in [0, 0.1) is 0 Å². The number of rotatable bonds is 0. The number of halogens is 2. The van der Waals surface area contributed by atoms with E-state index in [1.165, 1.54) is 0 Å². The second-order valence-electron chi connectivity index (χ2n) is 0.519. The molecular formula is C2H4I2O2Y. The fourth-order valence-electron chi connectivity index (χ4n) is 0. The van der Waals surface area contributed by atoms with E-state index in [1.54, 1.807) is 0 Å². The third-order valence-electron chi connectivity index (χ3n) is 0. The second-order valence-corrected chi connectivity index (χ2v) is 0.519. The number of carboxylic acid groups (broad SMARTS) is 1. The largest absolute Gasteiger partial charge is 0.481 e. The Hall–Kier alpha value is 2.03. The predicted octanol–water partition coefficient (Wildman–Crippen LogP) is 1.86. The van der Waals surface area contributed by atoms with Gasteiger partial charge in [-0.15, -0.1) is 0 Å². The molecule has 0 fully saturated rings. The molecule has 41 valence electrons. The summed E-state index contributed by atoms with van der Waals surface area (Å²) >= 11 is 4.24. The molecule has 0 aromatic rings. The van der Waals surface area contributed by atoms with Gasteiger partial charge in [-0.2, -0.15) is 0 Å². The molecular weight excluding hydrogens is 399 g/mol. The summed E-state index contributed by atoms with van der Waals surface area (Å²) in [6.45, 7) is 1.08. The van der Waals surface area contributed by atoms with Gasteiger partial charge >= 0.3 is 0 Å². The molecule has 0 heterocycles. The van der Waals surface area contributed by atoms with Crippen molar-refractivity contribution in [3.05, 3.63) is 0 Å². The van der Waals surface area contributed by atoms with E-state index in [-0.39, 0.29) is 32.7 Å². The number of hydrogen-bond acceptors (Lipinski definition) is 1. The van der Waals surface area contributed by atoms with Crippen LogP contribution in [0.2, 0.25) is 0 Å². The van der Waals surface area contributed by atoms with Gasteiger partial charge in [0.2, 0.25) is 0 Å². The SMILES string of the molecule is CC(=O)O.II.[Y]. The zero-order valence-corrected chi connectivity index (χ0v) is 10.8. The first-order valence-corrected chi connectivity index (χ1v) is 7.36. The van der Waals surface area contributed by atoms with Crippen molar-refractivity contribution >= 4 is 43.2 Å². The molecule has 0 aromatic carbocycles. The number of hydrogen-bond donors (Lipinski definition) is 1. The Labute approximate surface area is 91.0 Å². The molecule has 1 radical (unpaired) electrons. The molecule has 0 spiro atoms. The molecule has 0 aliphatic rings. The summed E-state index contributed by atoms with van der Waals surface area (Å²) in [7, 11) is 0. The topological polar surface area (TPSA) is 37.3 Å². The van der Waals surface area contributed by atoms with Crippen molar-refractivity contribution in [2.24, 2.45) is 0 Å². The first-order chi connectivity index (χ1) is 2.73. The summed E-state index contributed by atoms with van der Waals surface area (Å²) in [5.41, 5.74) is 0. The molecule has 0 saturated carbocycles. The fraction of sp³-hybridized carbons (Fsp3) is 0.500. The van der Waals surface area contributed by atoms with Crippen molar-refractivity contribution in [2.45, 2.75) is 6.92 Å². The minimum Gasteiger partial charge on any atom is -0.481 e. The van der Waals surface area contributed by atoms with Crippen LogP contribution in [0.5, 0.6) is 0 Å². The van der Waals surface area contributed by atoms with Crippen LogP contribution in [0.3, 0.4) is 0 Å². The van der Waals surface area contributed by atoms with Gasteiger partial charge in [0, 0.05) is 76.9 Å². The Morgan fingerprint density at radius 3 is 1.57 bits per heavy atom. The van der Waals surface area contributed by atoms with Gasteiger partial charge in [0.1, 0.15) is 0 Å². The molecule has 0 atom stereocenters. The summed E-state index contributed by atoms with van der Waals surface area (Å²) in [5, 5.41) is 7.42. The predicted molar refractivity (Wildman–Crippen MR) is 41.3 cm³/mol. The molecule has 0 aliphatic heterocycles. The van der Waals surface area contributed by atoms with E-state index in [9.17, 15) is 0 Å². The van der Waals surface area contributed by atoms with Crippen LogP contribution in [0.4, 0.5) is 0 Å². The van der Waals surface area contributed by atoms with Gasteiger partial charge in [0.05, 0.1) is 0 Å². The Morgan fingerprint density at radius 1 is 1.57 bits per heavy atom. The first kappa shape index (κ1) is 16.0. The van der Waals surface area contributed by atoms with Crippen molar-refractivity contribution < 1.29 is 42.6 Å². The van der Waals surface area contributed by atoms with E-state index >= 15 is 0 Å². The number of carbonyl (C=O) groups is 1. The van der Waals surface area contributed by atoms with Crippen LogP contribution >= 0.6 is 37.2 Å². The number of carboxylic acids is 1. The minimum atomic E-state index is -0.833. The van der Waals surface area contributed by atoms with Gasteiger partial charge in [-0.05, 0) is 0 Å². The molecule has 5 heteroatoms. The van der Waals surface area contributed by atoms with E-state index in [0.29, 0.717) is 0 Å². The average Bonchev–Trinajstić information content (AvgIpc) is 1.41. The van der Waals surface area contributed by atoms with Gasteiger partial charge < -0.3 is 5.11 Å². The quantitative estimate of drug-likeness (QED) is 0.628. The van der Waals surface area contributed by atoms with Crippen molar-refractivity contribution in [2.75, 3.05) is 0 Å². The monoisotopic (exact) mass is 403 g/mol. The Morgan fingerprint density at radius 2 is 1.57 bits per heavy atom. The van der Waals surface area contributed by atoms with E-state index in [4.69, 9.17) is 9.90 Å². The van der Waals surface area contributed by atoms with Crippen LogP contribution in [-0.2, 0) is 37.5 Å². The fourth-order valence-corrected chi connectivity index (χ4v) is 0. The maximum absolute atomic E-state index is 9.00. The molecule has 0 amide bonds. The average molecular weight is 403 g/mol. The molecule has 0 unspecified atom stereocenters. The van der Waals surface area contributed by atoms with Gasteiger partial charge in [-0.25, -0.2) is 0 Å². The summed E-state index contributed by atoms with van der Waals surface area (Å²) in [4.78, 5) is 9.00. The van der Waals surface area contributed by atoms with Crippen molar-refractivity contribution in [3.63, 3.8) is 0 Å². The molecule has 0 aliphatic carbocycles. The van der Waals surface area contributed by atoms with Crippen LogP contribution < -0.4 is 0 Å². The zero-order valence-electron chi connectivity index (χ0n) is 3.69. The van der Waals surface area contributed by atoms with Crippen LogP contribution in [0.25, 0.3) is 0 Å². The van der Waals surface area contributed by atoms with Crippen molar-refractivity contribution in [3.8, 4) is 0 Å². The van der Waals surface area contributed by atoms with Gasteiger partial charge in [0.15, 0.2) is 0 Å². The molecule has 0 rings (SSSR count). The van der Waals surface area contributed by atoms with Gasteiger partial charge in [-0.3, -0.25) is 4.79 Å². The number of aliphatic carboxylic acids is 1. The molecule has 1 N–H and O–H groups in total. The second kappa shape index (κ2) is 15.7. The Bertz CT molecular complexity index is 36.7. The Balaban J connectivity index is -0.0000000480. The minimum absolute atomic E-state index is 0. The van der Waals surface area contributed by atoms with Crippen molar-refractivity contribution in [1.29, 1.82) is 0 Å². The van der Waals surface area contributed by atoms with Crippen LogP contribution in [0.15, 0.2) is 0 Å².